The molecule has 2 bridgehead atoms. The Balaban J connectivity index is 0.0000162. The molecule has 469 valence electrons. The number of aryl methyl sites for hydroxylation is 1. The number of hydrogen-bond donors (Lipinski definition) is 15. The Kier molecular flexibility index (Phi) is 30.1. The molecule has 5 amide bonds. The van der Waals surface area contributed by atoms with Crippen molar-refractivity contribution in [3.05, 3.63) is 114 Å². The molecule has 7 atom stereocenters. The average molecular weight is 1380 g/mol. The molecular weight excluding hydrogens is 1300 g/mol. The van der Waals surface area contributed by atoms with E-state index in [1.807, 2.05) is 0 Å². The number of aromatic amines is 1. The van der Waals surface area contributed by atoms with Gasteiger partial charge in [-0.15, -0.1) is 0 Å². The third-order valence-electron chi connectivity index (χ3n) is 13.5. The molecule has 0 fully saturated rings. The summed E-state index contributed by atoms with van der Waals surface area (Å²) < 4.78 is 0. The van der Waals surface area contributed by atoms with Crippen molar-refractivity contribution in [1.29, 1.82) is 0 Å². The van der Waals surface area contributed by atoms with Gasteiger partial charge in [0.1, 0.15) is 42.3 Å². The normalized spacial score (nSPS) is 15.4. The number of nitrogens with zero attached hydrogens (tertiary/aromatic N) is 5. The van der Waals surface area contributed by atoms with Gasteiger partial charge in [-0.1, -0.05) is 48.5 Å². The number of carbonyl (C=O) groups excluding carboxylic acids is 5. The number of aromatic nitrogens is 3. The van der Waals surface area contributed by atoms with E-state index in [9.17, 15) is 83.7 Å². The smallest absolute Gasteiger partial charge is 0.481 e. The second kappa shape index (κ2) is 36.5. The Bertz CT molecular complexity index is 2990. The summed E-state index contributed by atoms with van der Waals surface area (Å²) in [6.45, 7) is -0.191. The fourth-order valence-electron chi connectivity index (χ4n) is 9.09. The number of benzene rings is 2. The predicted molar refractivity (Wildman–Crippen MR) is 307 cm³/mol. The zero-order chi connectivity index (χ0) is 62.9. The molecule has 5 rings (SSSR count). The molecule has 4 aromatic rings. The number of hydrogen-bond acceptors (Lipinski definition) is 18. The summed E-state index contributed by atoms with van der Waals surface area (Å²) in [5.74, 6) is -11.2. The van der Waals surface area contributed by atoms with Crippen LogP contribution in [0.5, 0.6) is 0 Å². The maximum atomic E-state index is 13.8. The Morgan fingerprint density at radius 2 is 1.15 bits per heavy atom. The van der Waals surface area contributed by atoms with E-state index < -0.39 is 121 Å². The van der Waals surface area contributed by atoms with E-state index in [1.165, 1.54) is 19.4 Å². The number of H-pyrrole nitrogens is 1. The minimum Gasteiger partial charge on any atom is -0.481 e. The van der Waals surface area contributed by atoms with Crippen molar-refractivity contribution in [1.82, 2.24) is 61.6 Å². The topological polar surface area (TPSA) is 448 Å². The van der Waals surface area contributed by atoms with Crippen LogP contribution < -0.4 is 37.2 Å². The van der Waals surface area contributed by atoms with Gasteiger partial charge in [-0.05, 0) is 73.8 Å². The van der Waals surface area contributed by atoms with Crippen molar-refractivity contribution in [3.63, 3.8) is 0 Å². The van der Waals surface area contributed by atoms with Crippen LogP contribution in [0.4, 0.5) is 5.69 Å². The monoisotopic (exact) mass is 1380 g/mol. The molecule has 2 aromatic carbocycles. The quantitative estimate of drug-likeness (QED) is 0.0232. The van der Waals surface area contributed by atoms with Crippen LogP contribution in [0.1, 0.15) is 54.4 Å². The van der Waals surface area contributed by atoms with Gasteiger partial charge in [0.15, 0.2) is 5.11 Å². The van der Waals surface area contributed by atoms with Crippen molar-refractivity contribution in [2.75, 3.05) is 57.8 Å². The summed E-state index contributed by atoms with van der Waals surface area (Å²) in [6, 6.07) is 9.95. The van der Waals surface area contributed by atoms with E-state index in [0.29, 0.717) is 41.2 Å². The molecule has 15 N–H and O–H groups in total. The molecule has 0 aliphatic carbocycles. The van der Waals surface area contributed by atoms with Crippen LogP contribution in [0.3, 0.4) is 0 Å². The van der Waals surface area contributed by atoms with Crippen molar-refractivity contribution in [2.24, 2.45) is 0 Å². The number of aliphatic carboxylic acids is 5. The molecule has 1 radical (unpaired) electrons. The minimum absolute atomic E-state index is 0. The minimum atomic E-state index is -1.74. The summed E-state index contributed by atoms with van der Waals surface area (Å²) in [5, 5.41) is 85.5. The number of imidazole rings is 1. The maximum Gasteiger partial charge on any atom is 3.00 e. The number of amides is 5. The van der Waals surface area contributed by atoms with Gasteiger partial charge < -0.3 is 77.9 Å². The first-order valence-electron chi connectivity index (χ1n) is 27.2. The van der Waals surface area contributed by atoms with Gasteiger partial charge in [0.2, 0.25) is 29.5 Å². The number of aliphatic hydroxyl groups is 2. The maximum absolute atomic E-state index is 13.8. The van der Waals surface area contributed by atoms with Gasteiger partial charge in [-0.3, -0.25) is 62.8 Å². The third kappa shape index (κ3) is 24.9. The zero-order valence-corrected chi connectivity index (χ0v) is 50.2. The molecule has 2 aromatic heterocycles. The average Bonchev–Trinajstić information content (AvgIpc) is 3.88. The second-order valence-corrected chi connectivity index (χ2v) is 20.6. The van der Waals surface area contributed by atoms with E-state index in [0.717, 1.165) is 5.56 Å². The number of pyridine rings is 1. The Labute approximate surface area is 536 Å². The van der Waals surface area contributed by atoms with Crippen molar-refractivity contribution in [2.45, 2.75) is 101 Å². The SMILES string of the molecule is C[C@H](NC(=O)[C@H](CC(=O)O)NC(=S)Nc1ccc(CCCC(C(=O)O)N2CCN(CC(=O)O)CCN(CC(=O)O)Cc3cccc(n3)C2)cc1)C(=O)N[C@@H](Cc1cnc[nH]1)C(=O)N[C@@H](CO)C(=O)N[C@@H](Cc1ccccc1)C(=O)N[C@@H](CO)C(=O)O.[Gd+3]. The molecule has 1 aliphatic rings. The van der Waals surface area contributed by atoms with Gasteiger partial charge in [0.05, 0.1) is 50.4 Å². The van der Waals surface area contributed by atoms with E-state index in [1.54, 1.807) is 87.5 Å². The molecular formula is C55H71GdN13O17S+3. The van der Waals surface area contributed by atoms with Gasteiger partial charge >= 0.3 is 69.8 Å². The number of nitrogens with one attached hydrogen (secondary N) is 8. The summed E-state index contributed by atoms with van der Waals surface area (Å²) in [4.78, 5) is 144. The van der Waals surface area contributed by atoms with Gasteiger partial charge in [-0.25, -0.2) is 9.78 Å². The number of thiocarbonyl (C=S) groups is 1. The molecule has 0 saturated carbocycles. The van der Waals surface area contributed by atoms with Crippen LogP contribution in [0, 0.1) is 39.9 Å². The molecule has 87 heavy (non-hydrogen) atoms. The van der Waals surface area contributed by atoms with E-state index in [-0.39, 0.29) is 117 Å². The first-order valence-corrected chi connectivity index (χ1v) is 27.6. The number of aliphatic hydroxyl groups excluding tert-OH is 2. The van der Waals surface area contributed by atoms with Crippen LogP contribution in [0.15, 0.2) is 85.3 Å². The number of carboxylic acids is 5. The second-order valence-electron chi connectivity index (χ2n) is 20.2. The molecule has 3 heterocycles. The first kappa shape index (κ1) is 71.8. The molecule has 0 spiro atoms. The summed E-state index contributed by atoms with van der Waals surface area (Å²) >= 11 is 5.43. The summed E-state index contributed by atoms with van der Waals surface area (Å²) in [6.07, 6.45) is 2.47. The summed E-state index contributed by atoms with van der Waals surface area (Å²) in [5.41, 5.74) is 3.25. The first-order chi connectivity index (χ1) is 41.0. The zero-order valence-electron chi connectivity index (χ0n) is 47.1. The molecule has 1 aliphatic heterocycles. The number of fused-ring (bicyclic) bond motifs is 2. The molecule has 32 heteroatoms. The number of carbonyl (C=O) groups is 10. The Morgan fingerprint density at radius 3 is 1.75 bits per heavy atom. The van der Waals surface area contributed by atoms with Crippen LogP contribution in [-0.2, 0) is 80.3 Å². The van der Waals surface area contributed by atoms with Crippen LogP contribution in [0.25, 0.3) is 0 Å². The van der Waals surface area contributed by atoms with Crippen LogP contribution >= 0.6 is 12.2 Å². The van der Waals surface area contributed by atoms with Crippen LogP contribution in [0.2, 0.25) is 0 Å². The molecule has 1 unspecified atom stereocenters. The van der Waals surface area contributed by atoms with Crippen molar-refractivity contribution >= 4 is 82.4 Å². The van der Waals surface area contributed by atoms with Crippen molar-refractivity contribution < 1.29 is 124 Å². The predicted octanol–water partition coefficient (Wildman–Crippen LogP) is -2.50. The Morgan fingerprint density at radius 1 is 0.586 bits per heavy atom. The molecule has 30 nitrogen and oxygen atoms in total. The largest absolute Gasteiger partial charge is 3.00 e. The van der Waals surface area contributed by atoms with Crippen molar-refractivity contribution in [3.8, 4) is 0 Å². The fraction of sp³-hybridized carbons (Fsp3) is 0.436. The summed E-state index contributed by atoms with van der Waals surface area (Å²) in [7, 11) is 0. The van der Waals surface area contributed by atoms with E-state index >= 15 is 0 Å². The van der Waals surface area contributed by atoms with Crippen LogP contribution in [-0.4, -0.2) is 225 Å². The van der Waals surface area contributed by atoms with Gasteiger partial charge in [0.25, 0.3) is 0 Å². The van der Waals surface area contributed by atoms with E-state index in [2.05, 4.69) is 52.2 Å². The number of anilines is 1. The van der Waals surface area contributed by atoms with E-state index in [4.69, 9.17) is 12.2 Å². The number of rotatable bonds is 31. The van der Waals surface area contributed by atoms with Gasteiger partial charge in [-0.2, -0.15) is 0 Å². The standard InChI is InChI=1S/C55H71N13O17S.Gd/c1-32(48(77)61-40(22-38-24-56-31-57-38)51(80)63-42(29-69)52(81)62-39(21-34-7-3-2-4-8-34)50(79)64-43(30-70)53(82)83)58-49(78)41(23-45(71)72)65-55(86)60-35-15-13-33(14-16-35)9-5-12-44(54(84)85)68-20-19-66(27-46(73)74)17-18-67(28-47(75)76)25-36-10-6-11-37(26-68)59-36;/h2-4,6-8,10-11,13-16,24,31-32,39-44,69-70H,5,9,12,17-23,25-30H2,1H3,(H,56,57)(H,58,78)(H,61,77)(H,62,81)(H,63,80)(H,64,79)(H,71,72)(H,73,74)(H,75,76)(H,82,83)(H,84,85)(H2,60,65,86);/q;+3/t32-,39-,40-,41-,42-,43-,44?;/m0./s1. The Hall–Kier alpha value is -7.69. The third-order valence-corrected chi connectivity index (χ3v) is 13.8. The molecule has 0 saturated heterocycles. The fourth-order valence-corrected chi connectivity index (χ4v) is 9.35. The van der Waals surface area contributed by atoms with Gasteiger partial charge in [0, 0.05) is 69.7 Å². The number of carboxylic acid groups (broad SMARTS) is 5.